The highest BCUT2D eigenvalue weighted by molar-refractivity contribution is 6.06. The number of halogens is 2. The number of nitrogens with zero attached hydrogens (tertiary/aromatic N) is 2. The third-order valence-electron chi connectivity index (χ3n) is 5.73. The number of rotatable bonds is 7. The summed E-state index contributed by atoms with van der Waals surface area (Å²) in [5.41, 5.74) is 4.20. The molecule has 0 bridgehead atoms. The van der Waals surface area contributed by atoms with E-state index < -0.39 is 18.7 Å². The number of fused-ring (bicyclic) bond motifs is 1. The number of alkyl halides is 2. The van der Waals surface area contributed by atoms with E-state index >= 15 is 0 Å². The van der Waals surface area contributed by atoms with Gasteiger partial charge in [-0.15, -0.1) is 0 Å². The summed E-state index contributed by atoms with van der Waals surface area (Å²) in [4.78, 5) is 30.6. The number of ether oxygens (including phenoxy) is 2. The molecule has 0 radical (unpaired) electrons. The molecule has 0 aliphatic carbocycles. The molecule has 0 aliphatic rings. The Labute approximate surface area is 201 Å². The number of hydrogen-bond acceptors (Lipinski definition) is 5. The van der Waals surface area contributed by atoms with Crippen molar-refractivity contribution in [2.75, 3.05) is 0 Å². The third kappa shape index (κ3) is 4.91. The van der Waals surface area contributed by atoms with Crippen molar-refractivity contribution < 1.29 is 27.8 Å². The topological polar surface area (TPSA) is 70.4 Å². The summed E-state index contributed by atoms with van der Waals surface area (Å²) in [5.74, 6) is -0.900. The molecule has 1 atom stereocenters. The van der Waals surface area contributed by atoms with Crippen molar-refractivity contribution in [2.45, 2.75) is 40.4 Å². The maximum Gasteiger partial charge on any atom is 0.387 e. The Morgan fingerprint density at radius 3 is 2.31 bits per heavy atom. The van der Waals surface area contributed by atoms with Crippen LogP contribution in [0.3, 0.4) is 0 Å². The van der Waals surface area contributed by atoms with Crippen molar-refractivity contribution in [1.82, 2.24) is 9.55 Å². The maximum absolute atomic E-state index is 13.2. The van der Waals surface area contributed by atoms with Crippen LogP contribution >= 0.6 is 0 Å². The first kappa shape index (κ1) is 24.1. The van der Waals surface area contributed by atoms with Gasteiger partial charge in [0.2, 0.25) is 5.78 Å². The molecule has 0 N–H and O–H groups in total. The van der Waals surface area contributed by atoms with Gasteiger partial charge >= 0.3 is 12.6 Å². The van der Waals surface area contributed by atoms with Crippen LogP contribution in [0.4, 0.5) is 8.78 Å². The van der Waals surface area contributed by atoms with E-state index in [2.05, 4.69) is 9.72 Å². The largest absolute Gasteiger partial charge is 0.451 e. The van der Waals surface area contributed by atoms with E-state index in [1.54, 1.807) is 51.1 Å². The van der Waals surface area contributed by atoms with Gasteiger partial charge in [-0.05, 0) is 70.2 Å². The molecule has 8 heteroatoms. The lowest BCUT2D eigenvalue weighted by Gasteiger charge is -2.15. The van der Waals surface area contributed by atoms with E-state index in [1.807, 2.05) is 29.7 Å². The molecule has 35 heavy (non-hydrogen) atoms. The predicted molar refractivity (Wildman–Crippen MR) is 128 cm³/mol. The summed E-state index contributed by atoms with van der Waals surface area (Å²) in [7, 11) is 0. The number of benzene rings is 2. The number of pyridine rings is 1. The van der Waals surface area contributed by atoms with E-state index in [1.165, 1.54) is 12.1 Å². The second-order valence-corrected chi connectivity index (χ2v) is 8.23. The maximum atomic E-state index is 13.2. The summed E-state index contributed by atoms with van der Waals surface area (Å²) < 4.78 is 36.7. The van der Waals surface area contributed by atoms with Crippen molar-refractivity contribution in [3.05, 3.63) is 88.9 Å². The fourth-order valence-electron chi connectivity index (χ4n) is 4.16. The number of aryl methyl sites for hydroxylation is 2. The Bertz CT molecular complexity index is 1410. The van der Waals surface area contributed by atoms with E-state index in [9.17, 15) is 18.4 Å². The highest BCUT2D eigenvalue weighted by Gasteiger charge is 2.26. The van der Waals surface area contributed by atoms with Gasteiger partial charge in [-0.3, -0.25) is 9.78 Å². The molecule has 2 heterocycles. The van der Waals surface area contributed by atoms with Crippen LogP contribution in [0, 0.1) is 20.8 Å². The SMILES string of the molecule is Cc1cc(C(=O)OC(C)C(=O)c2cc(C)n(-c3ccc(OC(F)F)cc3)c2C)c2ccccc2n1. The molecule has 2 aromatic heterocycles. The molecule has 0 amide bonds. The summed E-state index contributed by atoms with van der Waals surface area (Å²) >= 11 is 0. The standard InChI is InChI=1S/C27H24F2N2O4/c1-15-13-23(21-7-5-6-8-24(21)30-15)26(33)34-18(4)25(32)22-14-16(2)31(17(22)3)19-9-11-20(12-10-19)35-27(28)29/h5-14,18,27H,1-4H3. The Morgan fingerprint density at radius 1 is 0.943 bits per heavy atom. The first-order valence-electron chi connectivity index (χ1n) is 11.0. The van der Waals surface area contributed by atoms with Gasteiger partial charge in [0.25, 0.3) is 0 Å². The first-order chi connectivity index (χ1) is 16.7. The number of carbonyl (C=O) groups excluding carboxylic acids is 2. The molecule has 4 rings (SSSR count). The lowest BCUT2D eigenvalue weighted by molar-refractivity contribution is -0.0498. The molecule has 180 valence electrons. The van der Waals surface area contributed by atoms with Crippen LogP contribution < -0.4 is 4.74 Å². The summed E-state index contributed by atoms with van der Waals surface area (Å²) in [6, 6.07) is 16.8. The Hall–Kier alpha value is -4.07. The molecule has 4 aromatic rings. The second kappa shape index (κ2) is 9.66. The van der Waals surface area contributed by atoms with E-state index in [0.29, 0.717) is 39.1 Å². The Kier molecular flexibility index (Phi) is 6.64. The van der Waals surface area contributed by atoms with Crippen molar-refractivity contribution in [3.63, 3.8) is 0 Å². The zero-order valence-electron chi connectivity index (χ0n) is 19.7. The van der Waals surface area contributed by atoms with Gasteiger partial charge in [0.05, 0.1) is 11.1 Å². The van der Waals surface area contributed by atoms with Crippen LogP contribution in [-0.4, -0.2) is 34.0 Å². The average molecular weight is 478 g/mol. The van der Waals surface area contributed by atoms with Crippen molar-refractivity contribution in [2.24, 2.45) is 0 Å². The quantitative estimate of drug-likeness (QED) is 0.241. The van der Waals surface area contributed by atoms with Crippen LogP contribution in [0.2, 0.25) is 0 Å². The number of esters is 1. The van der Waals surface area contributed by atoms with Crippen molar-refractivity contribution in [3.8, 4) is 11.4 Å². The number of Topliss-reactive ketones (excluding diaryl/α,β-unsaturated/α-hetero) is 1. The van der Waals surface area contributed by atoms with Gasteiger partial charge in [-0.1, -0.05) is 18.2 Å². The minimum atomic E-state index is -2.90. The normalized spacial score (nSPS) is 12.1. The summed E-state index contributed by atoms with van der Waals surface area (Å²) in [6.07, 6.45) is -1.02. The highest BCUT2D eigenvalue weighted by Crippen LogP contribution is 2.25. The Balaban J connectivity index is 1.57. The van der Waals surface area contributed by atoms with Crippen LogP contribution in [0.5, 0.6) is 5.75 Å². The highest BCUT2D eigenvalue weighted by atomic mass is 19.3. The summed E-state index contributed by atoms with van der Waals surface area (Å²) in [6.45, 7) is 4.03. The monoisotopic (exact) mass is 478 g/mol. The Morgan fingerprint density at radius 2 is 1.63 bits per heavy atom. The fourth-order valence-corrected chi connectivity index (χ4v) is 4.16. The minimum Gasteiger partial charge on any atom is -0.451 e. The number of ketones is 1. The average Bonchev–Trinajstić information content (AvgIpc) is 3.11. The molecule has 0 saturated carbocycles. The lowest BCUT2D eigenvalue weighted by Crippen LogP contribution is -2.25. The van der Waals surface area contributed by atoms with Gasteiger partial charge in [0.1, 0.15) is 5.75 Å². The third-order valence-corrected chi connectivity index (χ3v) is 5.73. The number of para-hydroxylation sites is 1. The molecule has 0 spiro atoms. The van der Waals surface area contributed by atoms with Gasteiger partial charge in [0, 0.05) is 33.7 Å². The second-order valence-electron chi connectivity index (χ2n) is 8.23. The molecule has 6 nitrogen and oxygen atoms in total. The molecular formula is C27H24F2N2O4. The molecule has 2 aromatic carbocycles. The zero-order chi connectivity index (χ0) is 25.3. The number of aromatic nitrogens is 2. The van der Waals surface area contributed by atoms with Crippen LogP contribution in [0.25, 0.3) is 16.6 Å². The molecule has 0 fully saturated rings. The van der Waals surface area contributed by atoms with Crippen LogP contribution in [-0.2, 0) is 4.74 Å². The van der Waals surface area contributed by atoms with E-state index in [4.69, 9.17) is 4.74 Å². The summed E-state index contributed by atoms with van der Waals surface area (Å²) in [5, 5.41) is 0.653. The molecule has 1 unspecified atom stereocenters. The zero-order valence-corrected chi connectivity index (χ0v) is 19.7. The molecule has 0 saturated heterocycles. The van der Waals surface area contributed by atoms with E-state index in [0.717, 1.165) is 5.69 Å². The van der Waals surface area contributed by atoms with Gasteiger partial charge in [0.15, 0.2) is 6.10 Å². The van der Waals surface area contributed by atoms with Gasteiger partial charge in [-0.2, -0.15) is 8.78 Å². The van der Waals surface area contributed by atoms with Gasteiger partial charge in [-0.25, -0.2) is 4.79 Å². The minimum absolute atomic E-state index is 0.0434. The first-order valence-corrected chi connectivity index (χ1v) is 11.0. The van der Waals surface area contributed by atoms with Gasteiger partial charge < -0.3 is 14.0 Å². The lowest BCUT2D eigenvalue weighted by atomic mass is 10.1. The smallest absolute Gasteiger partial charge is 0.387 e. The van der Waals surface area contributed by atoms with Crippen LogP contribution in [0.1, 0.15) is 44.7 Å². The predicted octanol–water partition coefficient (Wildman–Crippen LogP) is 5.98. The molecule has 0 aliphatic heterocycles. The number of carbonyl (C=O) groups is 2. The van der Waals surface area contributed by atoms with E-state index in [-0.39, 0.29) is 11.5 Å². The van der Waals surface area contributed by atoms with Crippen molar-refractivity contribution in [1.29, 1.82) is 0 Å². The molecular weight excluding hydrogens is 454 g/mol. The fraction of sp³-hybridized carbons (Fsp3) is 0.222. The van der Waals surface area contributed by atoms with Crippen molar-refractivity contribution >= 4 is 22.7 Å². The number of hydrogen-bond donors (Lipinski definition) is 0. The van der Waals surface area contributed by atoms with Crippen LogP contribution in [0.15, 0.2) is 60.7 Å².